The van der Waals surface area contributed by atoms with Crippen molar-refractivity contribution in [1.29, 1.82) is 5.26 Å². The predicted octanol–water partition coefficient (Wildman–Crippen LogP) is 4.22. The van der Waals surface area contributed by atoms with Gasteiger partial charge in [0.05, 0.1) is 11.1 Å². The first-order valence-corrected chi connectivity index (χ1v) is 6.68. The van der Waals surface area contributed by atoms with E-state index < -0.39 is 0 Å². The molecule has 98 valence electrons. The Labute approximate surface area is 117 Å². The number of benzene rings is 2. The average Bonchev–Trinajstić information content (AvgIpc) is 2.91. The van der Waals surface area contributed by atoms with Gasteiger partial charge in [-0.15, -0.1) is 0 Å². The summed E-state index contributed by atoms with van der Waals surface area (Å²) < 4.78 is 0. The van der Waals surface area contributed by atoms with Gasteiger partial charge in [-0.05, 0) is 23.6 Å². The third-order valence-electron chi connectivity index (χ3n) is 3.48. The molecule has 3 aromatic rings. The molecule has 0 bridgehead atoms. The molecule has 0 spiro atoms. The molecule has 0 saturated carbocycles. The lowest BCUT2D eigenvalue weighted by Crippen LogP contribution is -1.87. The standard InChI is InChI=1S/C17H15N3/c1-11(2)12-6-8-13(9-7-12)17-19-15-5-3-4-14(10-18)16(15)20-17/h3-9,11H,1-2H3,(H,19,20). The van der Waals surface area contributed by atoms with Crippen molar-refractivity contribution >= 4 is 11.0 Å². The summed E-state index contributed by atoms with van der Waals surface area (Å²) in [5, 5.41) is 9.11. The Hall–Kier alpha value is -2.60. The Bertz CT molecular complexity index is 789. The first-order valence-electron chi connectivity index (χ1n) is 6.68. The summed E-state index contributed by atoms with van der Waals surface area (Å²) in [6.07, 6.45) is 0. The van der Waals surface area contributed by atoms with E-state index in [-0.39, 0.29) is 0 Å². The van der Waals surface area contributed by atoms with E-state index in [1.54, 1.807) is 6.07 Å². The number of rotatable bonds is 2. The number of fused-ring (bicyclic) bond motifs is 1. The summed E-state index contributed by atoms with van der Waals surface area (Å²) in [4.78, 5) is 7.82. The zero-order chi connectivity index (χ0) is 14.1. The maximum absolute atomic E-state index is 9.11. The summed E-state index contributed by atoms with van der Waals surface area (Å²) in [5.41, 5.74) is 4.57. The van der Waals surface area contributed by atoms with Crippen LogP contribution in [0.25, 0.3) is 22.4 Å². The summed E-state index contributed by atoms with van der Waals surface area (Å²) in [7, 11) is 0. The first-order chi connectivity index (χ1) is 9.69. The summed E-state index contributed by atoms with van der Waals surface area (Å²) in [5.74, 6) is 1.32. The Kier molecular flexibility index (Phi) is 3.00. The van der Waals surface area contributed by atoms with Gasteiger partial charge in [0.25, 0.3) is 0 Å². The van der Waals surface area contributed by atoms with Crippen LogP contribution in [0.3, 0.4) is 0 Å². The number of imidazole rings is 1. The molecule has 0 unspecified atom stereocenters. The highest BCUT2D eigenvalue weighted by Gasteiger charge is 2.09. The van der Waals surface area contributed by atoms with E-state index >= 15 is 0 Å². The molecule has 3 heteroatoms. The van der Waals surface area contributed by atoms with Crippen molar-refractivity contribution in [3.8, 4) is 17.5 Å². The van der Waals surface area contributed by atoms with Gasteiger partial charge in [-0.1, -0.05) is 44.2 Å². The minimum Gasteiger partial charge on any atom is -0.338 e. The van der Waals surface area contributed by atoms with E-state index in [9.17, 15) is 0 Å². The van der Waals surface area contributed by atoms with Gasteiger partial charge in [0.15, 0.2) is 0 Å². The maximum atomic E-state index is 9.11. The topological polar surface area (TPSA) is 52.5 Å². The smallest absolute Gasteiger partial charge is 0.138 e. The molecule has 0 aliphatic heterocycles. The first kappa shape index (κ1) is 12.4. The van der Waals surface area contributed by atoms with E-state index in [1.807, 2.05) is 12.1 Å². The SMILES string of the molecule is CC(C)c1ccc(-c2nc3c(C#N)cccc3[nH]2)cc1. The second-order valence-electron chi connectivity index (χ2n) is 5.18. The molecule has 3 rings (SSSR count). The molecule has 0 aliphatic rings. The molecule has 1 aromatic heterocycles. The predicted molar refractivity (Wildman–Crippen MR) is 80.3 cm³/mol. The Balaban J connectivity index is 2.08. The van der Waals surface area contributed by atoms with Gasteiger partial charge in [-0.2, -0.15) is 5.26 Å². The van der Waals surface area contributed by atoms with Crippen molar-refractivity contribution in [2.45, 2.75) is 19.8 Å². The molecule has 0 amide bonds. The molecule has 0 aliphatic carbocycles. The van der Waals surface area contributed by atoms with E-state index in [0.29, 0.717) is 11.5 Å². The molecule has 0 atom stereocenters. The highest BCUT2D eigenvalue weighted by molar-refractivity contribution is 5.84. The molecular weight excluding hydrogens is 246 g/mol. The number of para-hydroxylation sites is 1. The van der Waals surface area contributed by atoms with Crippen LogP contribution in [0.2, 0.25) is 0 Å². The van der Waals surface area contributed by atoms with Crippen molar-refractivity contribution in [3.63, 3.8) is 0 Å². The van der Waals surface area contributed by atoms with Crippen molar-refractivity contribution in [2.75, 3.05) is 0 Å². The van der Waals surface area contributed by atoms with Gasteiger partial charge in [-0.3, -0.25) is 0 Å². The number of hydrogen-bond acceptors (Lipinski definition) is 2. The van der Waals surface area contributed by atoms with Crippen LogP contribution >= 0.6 is 0 Å². The van der Waals surface area contributed by atoms with Crippen LogP contribution in [0.4, 0.5) is 0 Å². The lowest BCUT2D eigenvalue weighted by atomic mass is 10.0. The quantitative estimate of drug-likeness (QED) is 0.750. The minimum absolute atomic E-state index is 0.518. The van der Waals surface area contributed by atoms with Gasteiger partial charge in [-0.25, -0.2) is 4.98 Å². The Morgan fingerprint density at radius 3 is 2.50 bits per heavy atom. The van der Waals surface area contributed by atoms with Gasteiger partial charge in [0.1, 0.15) is 17.4 Å². The number of aromatic nitrogens is 2. The van der Waals surface area contributed by atoms with E-state index in [0.717, 1.165) is 22.4 Å². The average molecular weight is 261 g/mol. The fourth-order valence-electron chi connectivity index (χ4n) is 2.28. The van der Waals surface area contributed by atoms with Gasteiger partial charge < -0.3 is 4.98 Å². The van der Waals surface area contributed by atoms with Crippen LogP contribution in [0, 0.1) is 11.3 Å². The summed E-state index contributed by atoms with van der Waals surface area (Å²) in [6, 6.07) is 16.2. The van der Waals surface area contributed by atoms with Crippen LogP contribution in [0.1, 0.15) is 30.9 Å². The van der Waals surface area contributed by atoms with Crippen LogP contribution in [-0.4, -0.2) is 9.97 Å². The second-order valence-corrected chi connectivity index (χ2v) is 5.18. The summed E-state index contributed by atoms with van der Waals surface area (Å²) >= 11 is 0. The number of nitriles is 1. The minimum atomic E-state index is 0.518. The van der Waals surface area contributed by atoms with E-state index in [4.69, 9.17) is 5.26 Å². The fourth-order valence-corrected chi connectivity index (χ4v) is 2.28. The van der Waals surface area contributed by atoms with Crippen LogP contribution in [-0.2, 0) is 0 Å². The monoisotopic (exact) mass is 261 g/mol. The number of hydrogen-bond donors (Lipinski definition) is 1. The number of aromatic amines is 1. The van der Waals surface area contributed by atoms with Crippen molar-refractivity contribution < 1.29 is 0 Å². The molecular formula is C17H15N3. The normalized spacial score (nSPS) is 10.9. The van der Waals surface area contributed by atoms with Crippen molar-refractivity contribution in [2.24, 2.45) is 0 Å². The molecule has 0 radical (unpaired) electrons. The zero-order valence-corrected chi connectivity index (χ0v) is 11.5. The maximum Gasteiger partial charge on any atom is 0.138 e. The molecule has 3 nitrogen and oxygen atoms in total. The van der Waals surface area contributed by atoms with Crippen LogP contribution in [0.5, 0.6) is 0 Å². The van der Waals surface area contributed by atoms with E-state index in [2.05, 4.69) is 54.2 Å². The van der Waals surface area contributed by atoms with Gasteiger partial charge >= 0.3 is 0 Å². The third kappa shape index (κ3) is 2.06. The third-order valence-corrected chi connectivity index (χ3v) is 3.48. The highest BCUT2D eigenvalue weighted by atomic mass is 14.9. The Morgan fingerprint density at radius 2 is 1.85 bits per heavy atom. The van der Waals surface area contributed by atoms with Gasteiger partial charge in [0, 0.05) is 5.56 Å². The van der Waals surface area contributed by atoms with E-state index in [1.165, 1.54) is 5.56 Å². The molecule has 1 heterocycles. The zero-order valence-electron chi connectivity index (χ0n) is 11.5. The molecule has 2 aromatic carbocycles. The van der Waals surface area contributed by atoms with Gasteiger partial charge in [0.2, 0.25) is 0 Å². The fraction of sp³-hybridized carbons (Fsp3) is 0.176. The second kappa shape index (κ2) is 4.82. The largest absolute Gasteiger partial charge is 0.338 e. The number of nitrogens with one attached hydrogen (secondary N) is 1. The molecule has 20 heavy (non-hydrogen) atoms. The highest BCUT2D eigenvalue weighted by Crippen LogP contribution is 2.24. The van der Waals surface area contributed by atoms with Crippen LogP contribution in [0.15, 0.2) is 42.5 Å². The Morgan fingerprint density at radius 1 is 1.10 bits per heavy atom. The number of H-pyrrole nitrogens is 1. The summed E-state index contributed by atoms with van der Waals surface area (Å²) in [6.45, 7) is 4.35. The number of nitrogens with zero attached hydrogens (tertiary/aromatic N) is 2. The lowest BCUT2D eigenvalue weighted by Gasteiger charge is -2.05. The molecule has 0 fully saturated rings. The molecule has 0 saturated heterocycles. The van der Waals surface area contributed by atoms with Crippen molar-refractivity contribution in [1.82, 2.24) is 9.97 Å². The van der Waals surface area contributed by atoms with Crippen LogP contribution < -0.4 is 0 Å². The lowest BCUT2D eigenvalue weighted by molar-refractivity contribution is 0.867. The molecule has 1 N–H and O–H groups in total. The van der Waals surface area contributed by atoms with Crippen molar-refractivity contribution in [3.05, 3.63) is 53.6 Å².